The van der Waals surface area contributed by atoms with Crippen LogP contribution >= 0.6 is 0 Å². The molecule has 100 valence electrons. The molecule has 0 nitrogen and oxygen atoms in total. The van der Waals surface area contributed by atoms with Crippen LogP contribution in [0.25, 0.3) is 0 Å². The molecule has 0 atom stereocenters. The van der Waals surface area contributed by atoms with E-state index in [-0.39, 0.29) is 0 Å². The Morgan fingerprint density at radius 2 is 1.11 bits per heavy atom. The van der Waals surface area contributed by atoms with Crippen LogP contribution in [0.2, 0.25) is 0 Å². The van der Waals surface area contributed by atoms with Crippen molar-refractivity contribution in [3.63, 3.8) is 0 Å². The lowest BCUT2D eigenvalue weighted by Gasteiger charge is -2.34. The Bertz CT molecular complexity index is 440. The van der Waals surface area contributed by atoms with Crippen molar-refractivity contribution >= 4 is 0 Å². The molecule has 2 rings (SSSR count). The largest absolute Gasteiger partial charge is 0.0622 e. The molecule has 0 unspecified atom stereocenters. The predicted molar refractivity (Wildman–Crippen MR) is 83.2 cm³/mol. The molecule has 0 amide bonds. The average Bonchev–Trinajstić information content (AvgIpc) is 2.40. The second-order valence-corrected chi connectivity index (χ2v) is 6.13. The summed E-state index contributed by atoms with van der Waals surface area (Å²) in [6.45, 7) is 7.09. The molecule has 2 aromatic rings. The lowest BCUT2D eigenvalue weighted by Crippen LogP contribution is -2.29. The minimum Gasteiger partial charge on any atom is -0.0622 e. The summed E-state index contributed by atoms with van der Waals surface area (Å²) in [6, 6.07) is 21.7. The Morgan fingerprint density at radius 1 is 0.737 bits per heavy atom. The zero-order valence-corrected chi connectivity index (χ0v) is 12.3. The highest BCUT2D eigenvalue weighted by Crippen LogP contribution is 2.35. The number of hydrogen-bond acceptors (Lipinski definition) is 0. The van der Waals surface area contributed by atoms with E-state index in [1.165, 1.54) is 11.1 Å². The minimum absolute atomic E-state index is 0.308. The molecule has 0 N–H and O–H groups in total. The van der Waals surface area contributed by atoms with Gasteiger partial charge >= 0.3 is 0 Å². The quantitative estimate of drug-likeness (QED) is 0.691. The van der Waals surface area contributed by atoms with Crippen LogP contribution in [0.1, 0.15) is 31.9 Å². The van der Waals surface area contributed by atoms with Gasteiger partial charge in [0, 0.05) is 0 Å². The van der Waals surface area contributed by atoms with Gasteiger partial charge in [-0.15, -0.1) is 0 Å². The highest BCUT2D eigenvalue weighted by atomic mass is 14.3. The van der Waals surface area contributed by atoms with Gasteiger partial charge in [0.2, 0.25) is 0 Å². The summed E-state index contributed by atoms with van der Waals surface area (Å²) in [5.41, 5.74) is 3.19. The van der Waals surface area contributed by atoms with Gasteiger partial charge in [0.1, 0.15) is 0 Å². The molecule has 0 spiro atoms. The molecule has 0 aliphatic rings. The molecule has 0 radical (unpaired) electrons. The number of hydrogen-bond donors (Lipinski definition) is 0. The molecule has 0 fully saturated rings. The molecule has 0 saturated heterocycles. The van der Waals surface area contributed by atoms with E-state index in [9.17, 15) is 0 Å². The van der Waals surface area contributed by atoms with Gasteiger partial charge in [-0.1, -0.05) is 81.4 Å². The second kappa shape index (κ2) is 6.06. The van der Waals surface area contributed by atoms with E-state index in [2.05, 4.69) is 81.4 Å². The van der Waals surface area contributed by atoms with E-state index in [0.29, 0.717) is 11.3 Å². The molecule has 0 heterocycles. The molecular weight excluding hydrogens is 228 g/mol. The lowest BCUT2D eigenvalue weighted by atomic mass is 9.70. The van der Waals surface area contributed by atoms with Crippen molar-refractivity contribution in [1.29, 1.82) is 0 Å². The van der Waals surface area contributed by atoms with Crippen molar-refractivity contribution in [2.45, 2.75) is 33.6 Å². The maximum atomic E-state index is 2.41. The van der Waals surface area contributed by atoms with Crippen molar-refractivity contribution in [1.82, 2.24) is 0 Å². The molecule has 19 heavy (non-hydrogen) atoms. The lowest BCUT2D eigenvalue weighted by molar-refractivity contribution is 0.214. The summed E-state index contributed by atoms with van der Waals surface area (Å²) in [7, 11) is 0. The van der Waals surface area contributed by atoms with E-state index >= 15 is 0 Å². The normalized spacial score (nSPS) is 11.8. The van der Waals surface area contributed by atoms with E-state index < -0.39 is 0 Å². The Kier molecular flexibility index (Phi) is 4.42. The molecule has 0 aliphatic carbocycles. The molecule has 0 aliphatic heterocycles. The first-order valence-corrected chi connectivity index (χ1v) is 7.18. The van der Waals surface area contributed by atoms with Gasteiger partial charge in [0.05, 0.1) is 0 Å². The molecule has 0 aromatic heterocycles. The second-order valence-electron chi connectivity index (χ2n) is 6.13. The van der Waals surface area contributed by atoms with E-state index in [4.69, 9.17) is 0 Å². The zero-order valence-electron chi connectivity index (χ0n) is 12.3. The van der Waals surface area contributed by atoms with E-state index in [1.807, 2.05) is 0 Å². The van der Waals surface area contributed by atoms with Gasteiger partial charge in [0.15, 0.2) is 0 Å². The Hall–Kier alpha value is -1.56. The van der Waals surface area contributed by atoms with Gasteiger partial charge in [-0.2, -0.15) is 0 Å². The first-order valence-electron chi connectivity index (χ1n) is 7.18. The summed E-state index contributed by atoms with van der Waals surface area (Å²) in [4.78, 5) is 0. The van der Waals surface area contributed by atoms with Crippen LogP contribution < -0.4 is 0 Å². The van der Waals surface area contributed by atoms with Gasteiger partial charge in [-0.05, 0) is 35.3 Å². The average molecular weight is 252 g/mol. The highest BCUT2D eigenvalue weighted by molar-refractivity contribution is 5.20. The van der Waals surface area contributed by atoms with Crippen molar-refractivity contribution in [2.24, 2.45) is 11.3 Å². The Morgan fingerprint density at radius 3 is 1.42 bits per heavy atom. The summed E-state index contributed by atoms with van der Waals surface area (Å²) in [5.74, 6) is 0.660. The smallest absolute Gasteiger partial charge is 0.0219 e. The first-order chi connectivity index (χ1) is 9.10. The van der Waals surface area contributed by atoms with Gasteiger partial charge in [-0.25, -0.2) is 0 Å². The molecule has 0 heteroatoms. The monoisotopic (exact) mass is 252 g/mol. The summed E-state index contributed by atoms with van der Waals surface area (Å²) < 4.78 is 0. The van der Waals surface area contributed by atoms with Gasteiger partial charge in [0.25, 0.3) is 0 Å². The maximum Gasteiger partial charge on any atom is -0.0219 e. The van der Waals surface area contributed by atoms with Gasteiger partial charge < -0.3 is 0 Å². The third kappa shape index (κ3) is 3.70. The standard InChI is InChI=1S/C19H24/c1-16(2)19(3,14-17-10-6-4-7-11-17)15-18-12-8-5-9-13-18/h4-13,16H,14-15H2,1-3H3. The Balaban J connectivity index is 2.18. The fourth-order valence-corrected chi connectivity index (χ4v) is 2.60. The van der Waals surface area contributed by atoms with Crippen LogP contribution in [0.5, 0.6) is 0 Å². The van der Waals surface area contributed by atoms with Crippen LogP contribution in [-0.4, -0.2) is 0 Å². The third-order valence-corrected chi connectivity index (χ3v) is 4.30. The zero-order chi connectivity index (χ0) is 13.7. The fraction of sp³-hybridized carbons (Fsp3) is 0.368. The van der Waals surface area contributed by atoms with E-state index in [0.717, 1.165) is 12.8 Å². The van der Waals surface area contributed by atoms with Crippen LogP contribution in [-0.2, 0) is 12.8 Å². The Labute approximate surface area is 117 Å². The van der Waals surface area contributed by atoms with Crippen molar-refractivity contribution in [3.05, 3.63) is 71.8 Å². The molecule has 0 saturated carbocycles. The van der Waals surface area contributed by atoms with Crippen LogP contribution in [0.4, 0.5) is 0 Å². The van der Waals surface area contributed by atoms with E-state index in [1.54, 1.807) is 0 Å². The number of benzene rings is 2. The van der Waals surface area contributed by atoms with Crippen LogP contribution in [0, 0.1) is 11.3 Å². The summed E-state index contributed by atoms with van der Waals surface area (Å²) >= 11 is 0. The molecule has 0 bridgehead atoms. The summed E-state index contributed by atoms with van der Waals surface area (Å²) in [5, 5.41) is 0. The SMILES string of the molecule is CC(C)C(C)(Cc1ccccc1)Cc1ccccc1. The van der Waals surface area contributed by atoms with Crippen LogP contribution in [0.3, 0.4) is 0 Å². The molecule has 2 aromatic carbocycles. The van der Waals surface area contributed by atoms with Crippen LogP contribution in [0.15, 0.2) is 60.7 Å². The maximum absolute atomic E-state index is 2.41. The number of rotatable bonds is 5. The topological polar surface area (TPSA) is 0 Å². The first kappa shape index (κ1) is 13.9. The van der Waals surface area contributed by atoms with Crippen molar-refractivity contribution < 1.29 is 0 Å². The van der Waals surface area contributed by atoms with Crippen molar-refractivity contribution in [3.8, 4) is 0 Å². The highest BCUT2D eigenvalue weighted by Gasteiger charge is 2.28. The predicted octanol–water partition coefficient (Wildman–Crippen LogP) is 5.13. The third-order valence-electron chi connectivity index (χ3n) is 4.30. The minimum atomic E-state index is 0.308. The summed E-state index contributed by atoms with van der Waals surface area (Å²) in [6.07, 6.45) is 2.28. The molecular formula is C19H24. The van der Waals surface area contributed by atoms with Crippen molar-refractivity contribution in [2.75, 3.05) is 0 Å². The fourth-order valence-electron chi connectivity index (χ4n) is 2.60. The van der Waals surface area contributed by atoms with Gasteiger partial charge in [-0.3, -0.25) is 0 Å².